The van der Waals surface area contributed by atoms with Crippen molar-refractivity contribution >= 4 is 39.1 Å². The number of nitrogens with zero attached hydrogens (tertiary/aromatic N) is 1. The van der Waals surface area contributed by atoms with Crippen molar-refractivity contribution in [1.29, 1.82) is 0 Å². The van der Waals surface area contributed by atoms with Crippen molar-refractivity contribution in [3.05, 3.63) is 94.5 Å². The van der Waals surface area contributed by atoms with Crippen LogP contribution in [0.1, 0.15) is 26.3 Å². The molecule has 2 N–H and O–H groups in total. The van der Waals surface area contributed by atoms with Gasteiger partial charge in [0.15, 0.2) is 0 Å². The van der Waals surface area contributed by atoms with Gasteiger partial charge in [-0.1, -0.05) is 54.1 Å². The normalized spacial score (nSPS) is 14.3. The summed E-state index contributed by atoms with van der Waals surface area (Å²) in [7, 11) is -3.81. The van der Waals surface area contributed by atoms with E-state index in [4.69, 9.17) is 16.3 Å². The lowest BCUT2D eigenvalue weighted by molar-refractivity contribution is 0.0730. The molecule has 35 heavy (non-hydrogen) atoms. The molecule has 0 bridgehead atoms. The van der Waals surface area contributed by atoms with Crippen LogP contribution in [-0.4, -0.2) is 50.8 Å². The van der Waals surface area contributed by atoms with E-state index in [9.17, 15) is 18.0 Å². The van der Waals surface area contributed by atoms with Gasteiger partial charge in [0.05, 0.1) is 39.9 Å². The van der Waals surface area contributed by atoms with E-state index in [0.717, 1.165) is 5.56 Å². The van der Waals surface area contributed by atoms with Gasteiger partial charge in [-0.05, 0) is 35.9 Å². The second-order valence-electron chi connectivity index (χ2n) is 7.83. The first-order valence-corrected chi connectivity index (χ1v) is 12.8. The van der Waals surface area contributed by atoms with Gasteiger partial charge in [0.1, 0.15) is 0 Å². The quantitative estimate of drug-likeness (QED) is 0.503. The molecule has 1 heterocycles. The van der Waals surface area contributed by atoms with Crippen molar-refractivity contribution in [2.45, 2.75) is 11.4 Å². The van der Waals surface area contributed by atoms with Gasteiger partial charge in [0.2, 0.25) is 10.0 Å². The Morgan fingerprint density at radius 3 is 2.31 bits per heavy atom. The Morgan fingerprint density at radius 2 is 1.57 bits per heavy atom. The highest BCUT2D eigenvalue weighted by Gasteiger charge is 2.28. The lowest BCUT2D eigenvalue weighted by Gasteiger charge is -2.26. The monoisotopic (exact) mass is 513 g/mol. The first-order valence-electron chi connectivity index (χ1n) is 11.0. The van der Waals surface area contributed by atoms with Crippen LogP contribution in [0.5, 0.6) is 0 Å². The summed E-state index contributed by atoms with van der Waals surface area (Å²) >= 11 is 6.24. The second-order valence-corrected chi connectivity index (χ2v) is 10.2. The molecule has 0 unspecified atom stereocenters. The summed E-state index contributed by atoms with van der Waals surface area (Å²) in [4.78, 5) is 25.9. The third-order valence-corrected chi connectivity index (χ3v) is 7.73. The standard InChI is InChI=1S/C25H24ClN3O5S/c26-22-11-10-19(35(32,33)29-12-14-34-15-13-29)16-21(22)25(31)28-23-9-5-4-8-20(23)24(30)27-17-18-6-2-1-3-7-18/h1-11,16H,12-15,17H2,(H,27,30)(H,28,31). The van der Waals surface area contributed by atoms with E-state index in [-0.39, 0.29) is 45.7 Å². The van der Waals surface area contributed by atoms with E-state index in [1.807, 2.05) is 30.3 Å². The van der Waals surface area contributed by atoms with Crippen molar-refractivity contribution in [3.8, 4) is 0 Å². The molecule has 2 amide bonds. The van der Waals surface area contributed by atoms with Crippen LogP contribution < -0.4 is 10.6 Å². The zero-order chi connectivity index (χ0) is 24.8. The molecule has 0 aliphatic carbocycles. The Morgan fingerprint density at radius 1 is 0.886 bits per heavy atom. The number of sulfonamides is 1. The molecule has 4 rings (SSSR count). The fourth-order valence-electron chi connectivity index (χ4n) is 3.63. The van der Waals surface area contributed by atoms with Gasteiger partial charge in [-0.3, -0.25) is 9.59 Å². The van der Waals surface area contributed by atoms with Crippen LogP contribution >= 0.6 is 11.6 Å². The van der Waals surface area contributed by atoms with Gasteiger partial charge in [-0.2, -0.15) is 4.31 Å². The highest BCUT2D eigenvalue weighted by Crippen LogP contribution is 2.25. The maximum Gasteiger partial charge on any atom is 0.257 e. The Labute approximate surface area is 208 Å². The van der Waals surface area contributed by atoms with Crippen molar-refractivity contribution in [3.63, 3.8) is 0 Å². The summed E-state index contributed by atoms with van der Waals surface area (Å²) in [6, 6.07) is 20.0. The third kappa shape index (κ3) is 5.88. The molecule has 3 aromatic carbocycles. The van der Waals surface area contributed by atoms with E-state index in [0.29, 0.717) is 19.8 Å². The average Bonchev–Trinajstić information content (AvgIpc) is 2.89. The summed E-state index contributed by atoms with van der Waals surface area (Å²) in [6.07, 6.45) is 0. The number of morpholine rings is 1. The molecule has 1 aliphatic rings. The number of hydrogen-bond acceptors (Lipinski definition) is 5. The number of para-hydroxylation sites is 1. The molecule has 0 aromatic heterocycles. The first kappa shape index (κ1) is 24.9. The number of nitrogens with one attached hydrogen (secondary N) is 2. The number of rotatable bonds is 7. The van der Waals surface area contributed by atoms with Crippen LogP contribution in [0.15, 0.2) is 77.7 Å². The third-order valence-electron chi connectivity index (χ3n) is 5.51. The SMILES string of the molecule is O=C(Nc1ccccc1C(=O)NCc1ccccc1)c1cc(S(=O)(=O)N2CCOCC2)ccc1Cl. The van der Waals surface area contributed by atoms with Gasteiger partial charge in [-0.15, -0.1) is 0 Å². The van der Waals surface area contributed by atoms with Crippen LogP contribution in [0.3, 0.4) is 0 Å². The summed E-state index contributed by atoms with van der Waals surface area (Å²) in [5.41, 5.74) is 1.47. The highest BCUT2D eigenvalue weighted by atomic mass is 35.5. The first-order chi connectivity index (χ1) is 16.9. The summed E-state index contributed by atoms with van der Waals surface area (Å²) < 4.78 is 32.6. The number of ether oxygens (including phenoxy) is 1. The minimum Gasteiger partial charge on any atom is -0.379 e. The second kappa shape index (κ2) is 11.0. The average molecular weight is 514 g/mol. The van der Waals surface area contributed by atoms with Crippen LogP contribution in [-0.2, 0) is 21.3 Å². The minimum atomic E-state index is -3.81. The predicted octanol–water partition coefficient (Wildman–Crippen LogP) is 3.54. The minimum absolute atomic E-state index is 0.0134. The van der Waals surface area contributed by atoms with E-state index in [2.05, 4.69) is 10.6 Å². The number of anilines is 1. The number of amides is 2. The molecule has 182 valence electrons. The zero-order valence-electron chi connectivity index (χ0n) is 18.7. The Kier molecular flexibility index (Phi) is 7.82. The zero-order valence-corrected chi connectivity index (χ0v) is 20.3. The van der Waals surface area contributed by atoms with Gasteiger partial charge in [0, 0.05) is 19.6 Å². The highest BCUT2D eigenvalue weighted by molar-refractivity contribution is 7.89. The van der Waals surface area contributed by atoms with Crippen molar-refractivity contribution in [1.82, 2.24) is 9.62 Å². The summed E-state index contributed by atoms with van der Waals surface area (Å²) in [5.74, 6) is -0.989. The van der Waals surface area contributed by atoms with E-state index >= 15 is 0 Å². The van der Waals surface area contributed by atoms with Crippen LogP contribution in [0.4, 0.5) is 5.69 Å². The molecule has 0 saturated carbocycles. The summed E-state index contributed by atoms with van der Waals surface area (Å²) in [6.45, 7) is 1.41. The molecule has 1 fully saturated rings. The maximum absolute atomic E-state index is 13.1. The van der Waals surface area contributed by atoms with Gasteiger partial charge in [-0.25, -0.2) is 8.42 Å². The number of hydrogen-bond donors (Lipinski definition) is 2. The van der Waals surface area contributed by atoms with Gasteiger partial charge in [0.25, 0.3) is 11.8 Å². The number of carbonyl (C=O) groups is 2. The molecular formula is C25H24ClN3O5S. The molecular weight excluding hydrogens is 490 g/mol. The fraction of sp³-hybridized carbons (Fsp3) is 0.200. The van der Waals surface area contributed by atoms with E-state index in [1.54, 1.807) is 24.3 Å². The molecule has 0 atom stereocenters. The number of halogens is 1. The summed E-state index contributed by atoms with van der Waals surface area (Å²) in [5, 5.41) is 5.62. The molecule has 10 heteroatoms. The maximum atomic E-state index is 13.1. The van der Waals surface area contributed by atoms with Crippen molar-refractivity contribution < 1.29 is 22.7 Å². The van der Waals surface area contributed by atoms with Crippen molar-refractivity contribution in [2.24, 2.45) is 0 Å². The lowest BCUT2D eigenvalue weighted by atomic mass is 10.1. The topological polar surface area (TPSA) is 105 Å². The molecule has 3 aromatic rings. The van der Waals surface area contributed by atoms with Crippen LogP contribution in [0, 0.1) is 0 Å². The van der Waals surface area contributed by atoms with E-state index in [1.165, 1.54) is 22.5 Å². The van der Waals surface area contributed by atoms with Gasteiger partial charge >= 0.3 is 0 Å². The fourth-order valence-corrected chi connectivity index (χ4v) is 5.27. The molecule has 1 aliphatic heterocycles. The number of benzene rings is 3. The Hall–Kier alpha value is -3.24. The van der Waals surface area contributed by atoms with Crippen LogP contribution in [0.25, 0.3) is 0 Å². The molecule has 1 saturated heterocycles. The molecule has 0 radical (unpaired) electrons. The smallest absolute Gasteiger partial charge is 0.257 e. The van der Waals surface area contributed by atoms with Crippen molar-refractivity contribution in [2.75, 3.05) is 31.6 Å². The lowest BCUT2D eigenvalue weighted by Crippen LogP contribution is -2.40. The van der Waals surface area contributed by atoms with Crippen LogP contribution in [0.2, 0.25) is 5.02 Å². The van der Waals surface area contributed by atoms with Gasteiger partial charge < -0.3 is 15.4 Å². The Bertz CT molecular complexity index is 1330. The number of carbonyl (C=O) groups excluding carboxylic acids is 2. The largest absolute Gasteiger partial charge is 0.379 e. The molecule has 0 spiro atoms. The molecule has 8 nitrogen and oxygen atoms in total. The van der Waals surface area contributed by atoms with E-state index < -0.39 is 15.9 Å². The predicted molar refractivity (Wildman–Crippen MR) is 133 cm³/mol. The Balaban J connectivity index is 1.53.